The van der Waals surface area contributed by atoms with E-state index in [1.54, 1.807) is 16.0 Å². The highest BCUT2D eigenvalue weighted by Gasteiger charge is 2.23. The molecule has 0 aliphatic heterocycles. The Labute approximate surface area is 105 Å². The Kier molecular flexibility index (Phi) is 3.61. The van der Waals surface area contributed by atoms with Gasteiger partial charge in [0.2, 0.25) is 0 Å². The van der Waals surface area contributed by atoms with Crippen LogP contribution in [-0.4, -0.2) is 21.4 Å². The second-order valence-corrected chi connectivity index (χ2v) is 5.32. The minimum Gasteiger partial charge on any atom is -0.383 e. The second kappa shape index (κ2) is 5.00. The van der Waals surface area contributed by atoms with Crippen molar-refractivity contribution in [1.29, 1.82) is 0 Å². The molecule has 2 heterocycles. The number of nitrogens with one attached hydrogen (secondary N) is 1. The Morgan fingerprint density at radius 3 is 3.00 bits per heavy atom. The summed E-state index contributed by atoms with van der Waals surface area (Å²) < 4.78 is 1.77. The molecule has 0 radical (unpaired) electrons. The van der Waals surface area contributed by atoms with Crippen molar-refractivity contribution in [2.75, 3.05) is 6.54 Å². The highest BCUT2D eigenvalue weighted by molar-refractivity contribution is 7.10. The fourth-order valence-corrected chi connectivity index (χ4v) is 2.47. The molecule has 0 saturated carbocycles. The number of hydrogen-bond donors (Lipinski definition) is 2. The maximum absolute atomic E-state index is 10.3. The van der Waals surface area contributed by atoms with Gasteiger partial charge in [-0.05, 0) is 18.4 Å². The molecule has 2 aromatic rings. The summed E-state index contributed by atoms with van der Waals surface area (Å²) in [5, 5.41) is 19.6. The van der Waals surface area contributed by atoms with E-state index in [-0.39, 0.29) is 0 Å². The Bertz CT molecular complexity index is 462. The van der Waals surface area contributed by atoms with Gasteiger partial charge in [0.05, 0.1) is 6.20 Å². The van der Waals surface area contributed by atoms with Crippen molar-refractivity contribution in [3.63, 3.8) is 0 Å². The lowest BCUT2D eigenvalue weighted by Crippen LogP contribution is -2.34. The monoisotopic (exact) mass is 251 g/mol. The zero-order valence-electron chi connectivity index (χ0n) is 10.1. The molecule has 0 saturated heterocycles. The van der Waals surface area contributed by atoms with E-state index in [9.17, 15) is 5.11 Å². The Hall–Kier alpha value is -1.17. The maximum Gasteiger partial charge on any atom is 0.108 e. The van der Waals surface area contributed by atoms with Gasteiger partial charge in [0.15, 0.2) is 0 Å². The molecule has 1 atom stereocenters. The van der Waals surface area contributed by atoms with Gasteiger partial charge in [-0.2, -0.15) is 5.10 Å². The van der Waals surface area contributed by atoms with Gasteiger partial charge in [0.1, 0.15) is 5.60 Å². The first-order valence-corrected chi connectivity index (χ1v) is 6.40. The summed E-state index contributed by atoms with van der Waals surface area (Å²) in [7, 11) is 1.89. The Morgan fingerprint density at radius 1 is 1.59 bits per heavy atom. The molecule has 2 rings (SSSR count). The number of aliphatic hydroxyl groups is 1. The number of nitrogens with zero attached hydrogens (tertiary/aromatic N) is 2. The molecule has 1 unspecified atom stereocenters. The topological polar surface area (TPSA) is 50.1 Å². The quantitative estimate of drug-likeness (QED) is 0.846. The average Bonchev–Trinajstić information content (AvgIpc) is 2.89. The van der Waals surface area contributed by atoms with Gasteiger partial charge in [-0.1, -0.05) is 6.07 Å². The van der Waals surface area contributed by atoms with Crippen LogP contribution in [0.5, 0.6) is 0 Å². The van der Waals surface area contributed by atoms with Crippen molar-refractivity contribution < 1.29 is 5.11 Å². The zero-order valence-corrected chi connectivity index (χ0v) is 10.9. The van der Waals surface area contributed by atoms with Crippen molar-refractivity contribution >= 4 is 11.3 Å². The molecule has 0 aliphatic rings. The molecule has 2 N–H and O–H groups in total. The molecular weight excluding hydrogens is 234 g/mol. The van der Waals surface area contributed by atoms with Gasteiger partial charge < -0.3 is 10.4 Å². The third-order valence-electron chi connectivity index (χ3n) is 2.61. The van der Waals surface area contributed by atoms with Gasteiger partial charge in [-0.25, -0.2) is 0 Å². The van der Waals surface area contributed by atoms with Crippen LogP contribution in [0.1, 0.15) is 17.4 Å². The fraction of sp³-hybridized carbons (Fsp3) is 0.417. The van der Waals surface area contributed by atoms with Gasteiger partial charge in [0.25, 0.3) is 0 Å². The minimum atomic E-state index is -0.809. The van der Waals surface area contributed by atoms with Crippen LogP contribution < -0.4 is 5.32 Å². The molecule has 0 aromatic carbocycles. The number of hydrogen-bond acceptors (Lipinski definition) is 4. The van der Waals surface area contributed by atoms with Crippen LogP contribution in [0.3, 0.4) is 0 Å². The SMILES string of the molecule is Cn1cc(CNCC(C)(O)c2cccs2)cn1. The molecule has 0 spiro atoms. The van der Waals surface area contributed by atoms with Gasteiger partial charge >= 0.3 is 0 Å². The smallest absolute Gasteiger partial charge is 0.108 e. The lowest BCUT2D eigenvalue weighted by Gasteiger charge is -2.22. The van der Waals surface area contributed by atoms with Gasteiger partial charge in [-0.15, -0.1) is 11.3 Å². The summed E-state index contributed by atoms with van der Waals surface area (Å²) in [5.74, 6) is 0. The van der Waals surface area contributed by atoms with Gasteiger partial charge in [-0.3, -0.25) is 4.68 Å². The van der Waals surface area contributed by atoms with Crippen LogP contribution in [0.25, 0.3) is 0 Å². The molecule has 0 bridgehead atoms. The highest BCUT2D eigenvalue weighted by Crippen LogP contribution is 2.24. The van der Waals surface area contributed by atoms with E-state index in [4.69, 9.17) is 0 Å². The molecule has 4 nitrogen and oxygen atoms in total. The number of rotatable bonds is 5. The zero-order chi connectivity index (χ0) is 12.3. The first kappa shape index (κ1) is 12.3. The van der Waals surface area contributed by atoms with Crippen LogP contribution in [0, 0.1) is 0 Å². The average molecular weight is 251 g/mol. The minimum absolute atomic E-state index is 0.530. The summed E-state index contributed by atoms with van der Waals surface area (Å²) in [6.45, 7) is 3.08. The molecule has 0 amide bonds. The molecule has 0 fully saturated rings. The van der Waals surface area contributed by atoms with E-state index in [0.717, 1.165) is 17.0 Å². The van der Waals surface area contributed by atoms with Gasteiger partial charge in [0, 0.05) is 36.8 Å². The number of aryl methyl sites for hydroxylation is 1. The van der Waals surface area contributed by atoms with E-state index >= 15 is 0 Å². The fourth-order valence-electron chi connectivity index (χ4n) is 1.69. The lowest BCUT2D eigenvalue weighted by molar-refractivity contribution is 0.0604. The third kappa shape index (κ3) is 3.15. The Morgan fingerprint density at radius 2 is 2.41 bits per heavy atom. The lowest BCUT2D eigenvalue weighted by atomic mass is 10.1. The Balaban J connectivity index is 1.86. The molecule has 17 heavy (non-hydrogen) atoms. The first-order chi connectivity index (χ1) is 8.08. The van der Waals surface area contributed by atoms with Crippen LogP contribution >= 0.6 is 11.3 Å². The highest BCUT2D eigenvalue weighted by atomic mass is 32.1. The summed E-state index contributed by atoms with van der Waals surface area (Å²) in [4.78, 5) is 0.983. The van der Waals surface area contributed by atoms with Crippen molar-refractivity contribution in [2.45, 2.75) is 19.1 Å². The van der Waals surface area contributed by atoms with Crippen LogP contribution in [-0.2, 0) is 19.2 Å². The summed E-state index contributed by atoms with van der Waals surface area (Å²) in [5.41, 5.74) is 0.311. The molecular formula is C12H17N3OS. The maximum atomic E-state index is 10.3. The van der Waals surface area contributed by atoms with Crippen molar-refractivity contribution in [3.05, 3.63) is 40.3 Å². The third-order valence-corrected chi connectivity index (χ3v) is 3.73. The van der Waals surface area contributed by atoms with Crippen LogP contribution in [0.2, 0.25) is 0 Å². The second-order valence-electron chi connectivity index (χ2n) is 4.38. The first-order valence-electron chi connectivity index (χ1n) is 5.52. The summed E-state index contributed by atoms with van der Waals surface area (Å²) >= 11 is 1.57. The summed E-state index contributed by atoms with van der Waals surface area (Å²) in [6, 6.07) is 3.91. The predicted octanol–water partition coefficient (Wildman–Crippen LogP) is 1.48. The standard InChI is InChI=1S/C12H17N3OS/c1-12(16,11-4-3-5-17-11)9-13-6-10-7-14-15(2)8-10/h3-5,7-8,13,16H,6,9H2,1-2H3. The summed E-state index contributed by atoms with van der Waals surface area (Å²) in [6.07, 6.45) is 3.79. The van der Waals surface area contributed by atoms with E-state index in [0.29, 0.717) is 6.54 Å². The normalized spacial score (nSPS) is 14.8. The number of thiophene rings is 1. The molecule has 2 aromatic heterocycles. The number of aromatic nitrogens is 2. The van der Waals surface area contributed by atoms with Crippen LogP contribution in [0.4, 0.5) is 0 Å². The van der Waals surface area contributed by atoms with E-state index in [1.165, 1.54) is 0 Å². The van der Waals surface area contributed by atoms with Crippen molar-refractivity contribution in [1.82, 2.24) is 15.1 Å². The van der Waals surface area contributed by atoms with Crippen LogP contribution in [0.15, 0.2) is 29.9 Å². The molecule has 92 valence electrons. The van der Waals surface area contributed by atoms with E-state index < -0.39 is 5.60 Å². The predicted molar refractivity (Wildman–Crippen MR) is 68.8 cm³/mol. The molecule has 0 aliphatic carbocycles. The van der Waals surface area contributed by atoms with Crippen molar-refractivity contribution in [2.24, 2.45) is 7.05 Å². The largest absolute Gasteiger partial charge is 0.383 e. The molecule has 5 heteroatoms. The van der Waals surface area contributed by atoms with E-state index in [2.05, 4.69) is 10.4 Å². The van der Waals surface area contributed by atoms with E-state index in [1.807, 2.05) is 43.9 Å². The van der Waals surface area contributed by atoms with Crippen molar-refractivity contribution in [3.8, 4) is 0 Å².